The van der Waals surface area contributed by atoms with Crippen molar-refractivity contribution in [2.24, 2.45) is 0 Å². The summed E-state index contributed by atoms with van der Waals surface area (Å²) in [6.45, 7) is 4.51. The van der Waals surface area contributed by atoms with E-state index < -0.39 is 0 Å². The molecule has 2 heterocycles. The number of carbonyl (C=O) groups is 1. The first-order valence-corrected chi connectivity index (χ1v) is 11.5. The number of hydrogen-bond donors (Lipinski definition) is 0. The molecule has 2 atom stereocenters. The highest BCUT2D eigenvalue weighted by molar-refractivity contribution is 6.30. The second-order valence-electron chi connectivity index (χ2n) is 8.91. The summed E-state index contributed by atoms with van der Waals surface area (Å²) in [6, 6.07) is 21.8. The zero-order valence-corrected chi connectivity index (χ0v) is 19.2. The van der Waals surface area contributed by atoms with Crippen molar-refractivity contribution in [2.45, 2.75) is 31.9 Å². The number of hydrogen-bond acceptors (Lipinski definition) is 3. The first kappa shape index (κ1) is 21.0. The molecule has 4 nitrogen and oxygen atoms in total. The third kappa shape index (κ3) is 4.01. The van der Waals surface area contributed by atoms with Crippen molar-refractivity contribution in [1.82, 2.24) is 4.90 Å². The summed E-state index contributed by atoms with van der Waals surface area (Å²) in [7, 11) is 2.17. The average Bonchev–Trinajstić information content (AvgIpc) is 3.11. The summed E-state index contributed by atoms with van der Waals surface area (Å²) in [4.78, 5) is 18.2. The Morgan fingerprint density at radius 1 is 1.09 bits per heavy atom. The molecule has 2 aliphatic rings. The van der Waals surface area contributed by atoms with Gasteiger partial charge in [-0.25, -0.2) is 0 Å². The lowest BCUT2D eigenvalue weighted by Crippen LogP contribution is -2.47. The summed E-state index contributed by atoms with van der Waals surface area (Å²) in [5.74, 6) is 1.19. The molecular formula is C27H27ClN2O2. The van der Waals surface area contributed by atoms with Gasteiger partial charge in [0, 0.05) is 34.8 Å². The van der Waals surface area contributed by atoms with E-state index in [0.717, 1.165) is 36.5 Å². The number of likely N-dealkylation sites (tertiary alicyclic amines) is 1. The average molecular weight is 447 g/mol. The lowest BCUT2D eigenvalue weighted by Gasteiger charge is -2.36. The Morgan fingerprint density at radius 3 is 2.72 bits per heavy atom. The number of fused-ring (bicyclic) bond motifs is 3. The molecule has 5 heteroatoms. The number of aryl methyl sites for hydroxylation is 1. The number of benzene rings is 3. The maximum Gasteiger partial charge on any atom is 0.258 e. The van der Waals surface area contributed by atoms with Crippen LogP contribution in [0, 0.1) is 6.92 Å². The van der Waals surface area contributed by atoms with Crippen LogP contribution in [0.4, 0.5) is 5.69 Å². The fraction of sp³-hybridized carbons (Fsp3) is 0.296. The SMILES string of the molecule is Cc1ccc2c(c1)[C@@H]1CN(C)CC[C@@H]1N2C(=O)c1cccc(COc2ccc(Cl)cc2)c1. The van der Waals surface area contributed by atoms with Gasteiger partial charge in [-0.15, -0.1) is 0 Å². The molecule has 164 valence electrons. The molecule has 0 unspecified atom stereocenters. The van der Waals surface area contributed by atoms with Gasteiger partial charge in [0.2, 0.25) is 0 Å². The van der Waals surface area contributed by atoms with Crippen LogP contribution in [-0.4, -0.2) is 37.0 Å². The molecule has 3 aromatic rings. The number of ether oxygens (including phenoxy) is 1. The highest BCUT2D eigenvalue weighted by Gasteiger charge is 2.44. The van der Waals surface area contributed by atoms with Crippen molar-refractivity contribution < 1.29 is 9.53 Å². The molecule has 0 spiro atoms. The molecule has 2 aliphatic heterocycles. The number of nitrogens with zero attached hydrogens (tertiary/aromatic N) is 2. The largest absolute Gasteiger partial charge is 0.489 e. The number of anilines is 1. The minimum Gasteiger partial charge on any atom is -0.489 e. The number of rotatable bonds is 4. The van der Waals surface area contributed by atoms with Gasteiger partial charge in [0.1, 0.15) is 12.4 Å². The summed E-state index contributed by atoms with van der Waals surface area (Å²) in [6.07, 6.45) is 0.986. The quantitative estimate of drug-likeness (QED) is 0.517. The van der Waals surface area contributed by atoms with Gasteiger partial charge in [-0.1, -0.05) is 41.4 Å². The summed E-state index contributed by atoms with van der Waals surface area (Å²) < 4.78 is 5.89. The fourth-order valence-corrected chi connectivity index (χ4v) is 5.10. The second-order valence-corrected chi connectivity index (χ2v) is 9.34. The van der Waals surface area contributed by atoms with E-state index in [1.165, 1.54) is 11.1 Å². The van der Waals surface area contributed by atoms with Crippen LogP contribution in [0.15, 0.2) is 66.7 Å². The number of halogens is 1. The van der Waals surface area contributed by atoms with Crippen LogP contribution in [-0.2, 0) is 6.61 Å². The Balaban J connectivity index is 1.40. The number of amides is 1. The van der Waals surface area contributed by atoms with Gasteiger partial charge < -0.3 is 14.5 Å². The van der Waals surface area contributed by atoms with Gasteiger partial charge >= 0.3 is 0 Å². The molecule has 1 saturated heterocycles. The van der Waals surface area contributed by atoms with Crippen molar-refractivity contribution in [3.05, 3.63) is 94.0 Å². The molecule has 32 heavy (non-hydrogen) atoms. The highest BCUT2D eigenvalue weighted by Crippen LogP contribution is 2.45. The molecule has 0 N–H and O–H groups in total. The number of piperidine rings is 1. The molecular weight excluding hydrogens is 420 g/mol. The number of likely N-dealkylation sites (N-methyl/N-ethyl adjacent to an activating group) is 1. The smallest absolute Gasteiger partial charge is 0.258 e. The van der Waals surface area contributed by atoms with Gasteiger partial charge in [0.05, 0.1) is 0 Å². The second kappa shape index (κ2) is 8.61. The van der Waals surface area contributed by atoms with Gasteiger partial charge in [0.15, 0.2) is 0 Å². The summed E-state index contributed by atoms with van der Waals surface area (Å²) in [5.41, 5.74) is 5.28. The lowest BCUT2D eigenvalue weighted by atomic mass is 9.88. The molecule has 1 amide bonds. The van der Waals surface area contributed by atoms with Crippen LogP contribution in [0.5, 0.6) is 5.75 Å². The Bertz CT molecular complexity index is 1140. The van der Waals surface area contributed by atoms with E-state index in [2.05, 4.69) is 37.1 Å². The van der Waals surface area contributed by atoms with E-state index in [1.807, 2.05) is 41.3 Å². The first-order chi connectivity index (χ1) is 15.5. The predicted molar refractivity (Wildman–Crippen MR) is 129 cm³/mol. The van der Waals surface area contributed by atoms with Crippen LogP contribution in [0.1, 0.15) is 39.4 Å². The van der Waals surface area contributed by atoms with E-state index >= 15 is 0 Å². The fourth-order valence-electron chi connectivity index (χ4n) is 4.98. The Labute approximate surface area is 194 Å². The minimum absolute atomic E-state index is 0.0699. The highest BCUT2D eigenvalue weighted by atomic mass is 35.5. The van der Waals surface area contributed by atoms with E-state index in [1.54, 1.807) is 12.1 Å². The van der Waals surface area contributed by atoms with Gasteiger partial charge in [-0.2, -0.15) is 0 Å². The van der Waals surface area contributed by atoms with Gasteiger partial charge in [-0.3, -0.25) is 4.79 Å². The van der Waals surface area contributed by atoms with E-state index in [4.69, 9.17) is 16.3 Å². The molecule has 0 bridgehead atoms. The van der Waals surface area contributed by atoms with E-state index in [0.29, 0.717) is 23.1 Å². The van der Waals surface area contributed by atoms with E-state index in [9.17, 15) is 4.79 Å². The van der Waals surface area contributed by atoms with Crippen LogP contribution in [0.25, 0.3) is 0 Å². The van der Waals surface area contributed by atoms with Crippen LogP contribution in [0.2, 0.25) is 5.02 Å². The van der Waals surface area contributed by atoms with Gasteiger partial charge in [0.25, 0.3) is 5.91 Å². The Morgan fingerprint density at radius 2 is 1.91 bits per heavy atom. The molecule has 0 aliphatic carbocycles. The topological polar surface area (TPSA) is 32.8 Å². The minimum atomic E-state index is 0.0699. The third-order valence-electron chi connectivity index (χ3n) is 6.56. The van der Waals surface area contributed by atoms with Gasteiger partial charge in [-0.05, 0) is 80.5 Å². The maximum atomic E-state index is 13.8. The lowest BCUT2D eigenvalue weighted by molar-refractivity contribution is 0.0964. The Hall–Kier alpha value is -2.82. The molecule has 0 radical (unpaired) electrons. The van der Waals surface area contributed by atoms with Crippen molar-refractivity contribution in [3.8, 4) is 5.75 Å². The van der Waals surface area contributed by atoms with Crippen LogP contribution < -0.4 is 9.64 Å². The molecule has 0 saturated carbocycles. The maximum absolute atomic E-state index is 13.8. The third-order valence-corrected chi connectivity index (χ3v) is 6.82. The predicted octanol–water partition coefficient (Wildman–Crippen LogP) is 5.68. The molecule has 3 aromatic carbocycles. The molecule has 5 rings (SSSR count). The van der Waals surface area contributed by atoms with Crippen LogP contribution >= 0.6 is 11.6 Å². The van der Waals surface area contributed by atoms with Crippen molar-refractivity contribution in [3.63, 3.8) is 0 Å². The normalized spacial score (nSPS) is 20.0. The standard InChI is InChI=1S/C27H27ClN2O2/c1-18-6-11-25-23(14-18)24-16-29(2)13-12-26(24)30(25)27(31)20-5-3-4-19(15-20)17-32-22-9-7-21(28)8-10-22/h3-11,14-15,24,26H,12-13,16-17H2,1-2H3/t24-,26-/m0/s1. The van der Waals surface area contributed by atoms with Crippen molar-refractivity contribution >= 4 is 23.2 Å². The number of carbonyl (C=O) groups excluding carboxylic acids is 1. The zero-order chi connectivity index (χ0) is 22.2. The first-order valence-electron chi connectivity index (χ1n) is 11.1. The van der Waals surface area contributed by atoms with Crippen molar-refractivity contribution in [1.29, 1.82) is 0 Å². The van der Waals surface area contributed by atoms with E-state index in [-0.39, 0.29) is 11.9 Å². The van der Waals surface area contributed by atoms with Crippen LogP contribution in [0.3, 0.4) is 0 Å². The monoisotopic (exact) mass is 446 g/mol. The molecule has 1 fully saturated rings. The summed E-state index contributed by atoms with van der Waals surface area (Å²) >= 11 is 5.95. The van der Waals surface area contributed by atoms with Crippen molar-refractivity contribution in [2.75, 3.05) is 25.0 Å². The zero-order valence-electron chi connectivity index (χ0n) is 18.4. The Kier molecular flexibility index (Phi) is 5.66. The molecule has 0 aromatic heterocycles. The summed E-state index contributed by atoms with van der Waals surface area (Å²) in [5, 5.41) is 0.679.